The van der Waals surface area contributed by atoms with Crippen molar-refractivity contribution in [3.05, 3.63) is 24.2 Å². The van der Waals surface area contributed by atoms with Crippen LogP contribution in [0, 0.1) is 5.92 Å². The van der Waals surface area contributed by atoms with Crippen LogP contribution >= 0.6 is 0 Å². The third kappa shape index (κ3) is 5.08. The Hall–Kier alpha value is -1.49. The second-order valence-corrected chi connectivity index (χ2v) is 6.11. The lowest BCUT2D eigenvalue weighted by Crippen LogP contribution is -2.34. The lowest BCUT2D eigenvalue weighted by atomic mass is 10.1. The number of rotatable bonds is 7. The van der Waals surface area contributed by atoms with E-state index in [9.17, 15) is 0 Å². The van der Waals surface area contributed by atoms with E-state index in [1.54, 1.807) is 6.26 Å². The SMILES string of the molecule is CC(C)CCNC(N)=NCC(c1ccco1)N1CCCC1. The molecule has 1 aromatic rings. The molecule has 1 fully saturated rings. The highest BCUT2D eigenvalue weighted by atomic mass is 16.3. The van der Waals surface area contributed by atoms with Gasteiger partial charge in [-0.25, -0.2) is 0 Å². The first-order valence-corrected chi connectivity index (χ1v) is 7.98. The van der Waals surface area contributed by atoms with Crippen molar-refractivity contribution in [2.24, 2.45) is 16.6 Å². The first kappa shape index (κ1) is 15.9. The molecule has 1 unspecified atom stereocenters. The number of furan rings is 1. The molecule has 1 aliphatic rings. The Bertz CT molecular complexity index is 421. The number of nitrogens with one attached hydrogen (secondary N) is 1. The molecule has 3 N–H and O–H groups in total. The molecule has 21 heavy (non-hydrogen) atoms. The summed E-state index contributed by atoms with van der Waals surface area (Å²) in [7, 11) is 0. The van der Waals surface area contributed by atoms with Crippen LogP contribution in [0.2, 0.25) is 0 Å². The molecule has 0 aliphatic carbocycles. The zero-order valence-corrected chi connectivity index (χ0v) is 13.2. The lowest BCUT2D eigenvalue weighted by molar-refractivity contribution is 0.221. The van der Waals surface area contributed by atoms with Gasteiger partial charge < -0.3 is 15.5 Å². The van der Waals surface area contributed by atoms with Gasteiger partial charge >= 0.3 is 0 Å². The molecule has 1 atom stereocenters. The lowest BCUT2D eigenvalue weighted by Gasteiger charge is -2.24. The van der Waals surface area contributed by atoms with E-state index in [0.717, 1.165) is 31.8 Å². The van der Waals surface area contributed by atoms with Gasteiger partial charge in [0.1, 0.15) is 5.76 Å². The normalized spacial score (nSPS) is 18.3. The van der Waals surface area contributed by atoms with Crippen molar-refractivity contribution < 1.29 is 4.42 Å². The van der Waals surface area contributed by atoms with Crippen LogP contribution in [-0.4, -0.2) is 37.0 Å². The number of aliphatic imine (C=N–C) groups is 1. The molecule has 2 heterocycles. The summed E-state index contributed by atoms with van der Waals surface area (Å²) >= 11 is 0. The van der Waals surface area contributed by atoms with Gasteiger partial charge in [0.15, 0.2) is 5.96 Å². The molecule has 0 bridgehead atoms. The zero-order chi connectivity index (χ0) is 15.1. The van der Waals surface area contributed by atoms with E-state index in [1.165, 1.54) is 12.8 Å². The predicted molar refractivity (Wildman–Crippen MR) is 86.2 cm³/mol. The number of hydrogen-bond acceptors (Lipinski definition) is 3. The number of hydrogen-bond donors (Lipinski definition) is 2. The van der Waals surface area contributed by atoms with Crippen molar-refractivity contribution in [1.82, 2.24) is 10.2 Å². The highest BCUT2D eigenvalue weighted by Crippen LogP contribution is 2.25. The second-order valence-electron chi connectivity index (χ2n) is 6.11. The molecule has 2 rings (SSSR count). The van der Waals surface area contributed by atoms with E-state index in [2.05, 4.69) is 29.1 Å². The first-order chi connectivity index (χ1) is 10.2. The van der Waals surface area contributed by atoms with Crippen molar-refractivity contribution in [2.75, 3.05) is 26.2 Å². The Labute approximate surface area is 127 Å². The molecule has 1 aliphatic heterocycles. The Kier molecular flexibility index (Phi) is 6.11. The predicted octanol–water partition coefficient (Wildman–Crippen LogP) is 2.37. The number of nitrogens with two attached hydrogens (primary N) is 1. The zero-order valence-electron chi connectivity index (χ0n) is 13.2. The van der Waals surface area contributed by atoms with E-state index in [-0.39, 0.29) is 6.04 Å². The van der Waals surface area contributed by atoms with Gasteiger partial charge in [-0.05, 0) is 50.4 Å². The Balaban J connectivity index is 1.89. The number of nitrogens with zero attached hydrogens (tertiary/aromatic N) is 2. The summed E-state index contributed by atoms with van der Waals surface area (Å²) in [4.78, 5) is 6.94. The van der Waals surface area contributed by atoms with Gasteiger partial charge in [0.05, 0.1) is 18.8 Å². The summed E-state index contributed by atoms with van der Waals surface area (Å²) in [6.07, 6.45) is 5.34. The van der Waals surface area contributed by atoms with Crippen molar-refractivity contribution in [1.29, 1.82) is 0 Å². The largest absolute Gasteiger partial charge is 0.468 e. The average Bonchev–Trinajstić information content (AvgIpc) is 3.11. The highest BCUT2D eigenvalue weighted by molar-refractivity contribution is 5.77. The van der Waals surface area contributed by atoms with Crippen LogP contribution in [0.3, 0.4) is 0 Å². The Morgan fingerprint density at radius 1 is 1.43 bits per heavy atom. The topological polar surface area (TPSA) is 66.8 Å². The minimum Gasteiger partial charge on any atom is -0.468 e. The fourth-order valence-electron chi connectivity index (χ4n) is 2.65. The van der Waals surface area contributed by atoms with Gasteiger partial charge in [0.25, 0.3) is 0 Å². The highest BCUT2D eigenvalue weighted by Gasteiger charge is 2.25. The molecule has 1 saturated heterocycles. The van der Waals surface area contributed by atoms with Crippen LogP contribution in [0.25, 0.3) is 0 Å². The molecule has 0 radical (unpaired) electrons. The van der Waals surface area contributed by atoms with Crippen molar-refractivity contribution >= 4 is 5.96 Å². The quantitative estimate of drug-likeness (QED) is 0.598. The molecule has 5 heteroatoms. The fourth-order valence-corrected chi connectivity index (χ4v) is 2.65. The Morgan fingerprint density at radius 3 is 2.81 bits per heavy atom. The second kappa shape index (κ2) is 8.08. The number of guanidine groups is 1. The van der Waals surface area contributed by atoms with Crippen molar-refractivity contribution in [2.45, 2.75) is 39.2 Å². The monoisotopic (exact) mass is 292 g/mol. The molecule has 0 aromatic carbocycles. The summed E-state index contributed by atoms with van der Waals surface area (Å²) in [6.45, 7) is 8.16. The van der Waals surface area contributed by atoms with Gasteiger partial charge in [-0.3, -0.25) is 9.89 Å². The maximum Gasteiger partial charge on any atom is 0.188 e. The summed E-state index contributed by atoms with van der Waals surface area (Å²) < 4.78 is 5.58. The molecule has 0 saturated carbocycles. The van der Waals surface area contributed by atoms with E-state index in [4.69, 9.17) is 10.2 Å². The van der Waals surface area contributed by atoms with Crippen LogP contribution < -0.4 is 11.1 Å². The number of likely N-dealkylation sites (tertiary alicyclic amines) is 1. The molecule has 5 nitrogen and oxygen atoms in total. The first-order valence-electron chi connectivity index (χ1n) is 7.98. The molecular weight excluding hydrogens is 264 g/mol. The van der Waals surface area contributed by atoms with Gasteiger partial charge in [0, 0.05) is 6.54 Å². The molecular formula is C16H28N4O. The maximum atomic E-state index is 5.95. The van der Waals surface area contributed by atoms with Crippen LogP contribution in [0.4, 0.5) is 0 Å². The van der Waals surface area contributed by atoms with Gasteiger partial charge in [-0.1, -0.05) is 13.8 Å². The van der Waals surface area contributed by atoms with Gasteiger partial charge in [-0.15, -0.1) is 0 Å². The fraction of sp³-hybridized carbons (Fsp3) is 0.688. The third-order valence-electron chi connectivity index (χ3n) is 3.92. The van der Waals surface area contributed by atoms with Crippen LogP contribution in [0.15, 0.2) is 27.8 Å². The Morgan fingerprint density at radius 2 is 2.19 bits per heavy atom. The van der Waals surface area contributed by atoms with E-state index in [0.29, 0.717) is 18.4 Å². The third-order valence-corrected chi connectivity index (χ3v) is 3.92. The van der Waals surface area contributed by atoms with E-state index in [1.807, 2.05) is 12.1 Å². The molecule has 118 valence electrons. The minimum atomic E-state index is 0.202. The van der Waals surface area contributed by atoms with Crippen molar-refractivity contribution in [3.8, 4) is 0 Å². The standard InChI is InChI=1S/C16H28N4O/c1-13(2)7-8-18-16(17)19-12-14(15-6-5-11-21-15)20-9-3-4-10-20/h5-6,11,13-14H,3-4,7-10,12H2,1-2H3,(H3,17,18,19). The van der Waals surface area contributed by atoms with E-state index < -0.39 is 0 Å². The smallest absolute Gasteiger partial charge is 0.188 e. The van der Waals surface area contributed by atoms with Gasteiger partial charge in [0.2, 0.25) is 0 Å². The van der Waals surface area contributed by atoms with Crippen molar-refractivity contribution in [3.63, 3.8) is 0 Å². The van der Waals surface area contributed by atoms with Crippen LogP contribution in [-0.2, 0) is 0 Å². The van der Waals surface area contributed by atoms with Gasteiger partial charge in [-0.2, -0.15) is 0 Å². The molecule has 1 aromatic heterocycles. The summed E-state index contributed by atoms with van der Waals surface area (Å²) in [5, 5.41) is 3.18. The summed E-state index contributed by atoms with van der Waals surface area (Å²) in [5.41, 5.74) is 5.95. The van der Waals surface area contributed by atoms with Crippen LogP contribution in [0.1, 0.15) is 44.9 Å². The van der Waals surface area contributed by atoms with E-state index >= 15 is 0 Å². The summed E-state index contributed by atoms with van der Waals surface area (Å²) in [5.74, 6) is 2.19. The average molecular weight is 292 g/mol. The maximum absolute atomic E-state index is 5.95. The summed E-state index contributed by atoms with van der Waals surface area (Å²) in [6, 6.07) is 4.17. The molecule has 0 spiro atoms. The molecule has 0 amide bonds. The minimum absolute atomic E-state index is 0.202. The van der Waals surface area contributed by atoms with Crippen LogP contribution in [0.5, 0.6) is 0 Å².